The summed E-state index contributed by atoms with van der Waals surface area (Å²) in [5, 5.41) is 3.12. The molecular formula is C8H14INO. The van der Waals surface area contributed by atoms with E-state index in [1.165, 1.54) is 12.8 Å². The summed E-state index contributed by atoms with van der Waals surface area (Å²) in [6, 6.07) is 0. The standard InChI is InChI=1S/C8H14INO/c1-2-3-6-10-8-11-7-4-5-9/h10H,2-3,5-6,8H2,1H3. The Morgan fingerprint density at radius 1 is 1.55 bits per heavy atom. The largest absolute Gasteiger partial charge is 0.431 e. The average molecular weight is 267 g/mol. The van der Waals surface area contributed by atoms with Crippen LogP contribution in [0.5, 0.6) is 0 Å². The second-order valence-corrected chi connectivity index (χ2v) is 2.82. The summed E-state index contributed by atoms with van der Waals surface area (Å²) in [6.07, 6.45) is 5.00. The van der Waals surface area contributed by atoms with E-state index >= 15 is 0 Å². The maximum absolute atomic E-state index is 4.94. The van der Waals surface area contributed by atoms with Gasteiger partial charge in [0.2, 0.25) is 0 Å². The van der Waals surface area contributed by atoms with Crippen molar-refractivity contribution in [2.24, 2.45) is 0 Å². The van der Waals surface area contributed by atoms with Gasteiger partial charge >= 0.3 is 0 Å². The van der Waals surface area contributed by atoms with Crippen molar-refractivity contribution in [3.63, 3.8) is 0 Å². The van der Waals surface area contributed by atoms with E-state index in [1.54, 1.807) is 0 Å². The van der Waals surface area contributed by atoms with Gasteiger partial charge in [0.05, 0.1) is 4.43 Å². The van der Waals surface area contributed by atoms with E-state index in [1.807, 2.05) is 0 Å². The van der Waals surface area contributed by atoms with Crippen molar-refractivity contribution in [1.29, 1.82) is 0 Å². The molecule has 3 heteroatoms. The minimum absolute atomic E-state index is 0.545. The molecule has 64 valence electrons. The van der Waals surface area contributed by atoms with Crippen molar-refractivity contribution >= 4 is 22.6 Å². The highest BCUT2D eigenvalue weighted by atomic mass is 127. The number of rotatable bonds is 5. The third-order valence-electron chi connectivity index (χ3n) is 1.09. The normalized spacial score (nSPS) is 8.55. The van der Waals surface area contributed by atoms with Gasteiger partial charge in [0.15, 0.2) is 6.73 Å². The van der Waals surface area contributed by atoms with Crippen LogP contribution >= 0.6 is 22.6 Å². The molecule has 0 bridgehead atoms. The second kappa shape index (κ2) is 10.0. The molecule has 0 aliphatic rings. The molecule has 0 aromatic rings. The van der Waals surface area contributed by atoms with Gasteiger partial charge in [-0.1, -0.05) is 35.9 Å². The molecule has 0 amide bonds. The van der Waals surface area contributed by atoms with Crippen LogP contribution in [0.15, 0.2) is 0 Å². The van der Waals surface area contributed by atoms with Crippen LogP contribution in [-0.2, 0) is 4.74 Å². The van der Waals surface area contributed by atoms with Gasteiger partial charge in [-0.05, 0) is 18.9 Å². The van der Waals surface area contributed by atoms with Gasteiger partial charge in [0, 0.05) is 0 Å². The predicted molar refractivity (Wildman–Crippen MR) is 55.5 cm³/mol. The quantitative estimate of drug-likeness (QED) is 0.269. The Bertz CT molecular complexity index is 128. The molecule has 0 aromatic carbocycles. The lowest BCUT2D eigenvalue weighted by Crippen LogP contribution is -2.17. The Morgan fingerprint density at radius 3 is 3.00 bits per heavy atom. The number of hydrogen-bond donors (Lipinski definition) is 1. The first-order valence-corrected chi connectivity index (χ1v) is 5.30. The van der Waals surface area contributed by atoms with E-state index in [0.29, 0.717) is 6.73 Å². The monoisotopic (exact) mass is 267 g/mol. The van der Waals surface area contributed by atoms with Crippen LogP contribution in [-0.4, -0.2) is 17.7 Å². The Hall–Kier alpha value is 0.0500. The van der Waals surface area contributed by atoms with Gasteiger partial charge in [-0.2, -0.15) is 0 Å². The third kappa shape index (κ3) is 10.1. The highest BCUT2D eigenvalue weighted by Crippen LogP contribution is 1.81. The first kappa shape index (κ1) is 11.1. The lowest BCUT2D eigenvalue weighted by atomic mass is 10.3. The number of ether oxygens (including phenoxy) is 1. The molecule has 0 aliphatic heterocycles. The number of alkyl halides is 1. The molecule has 0 spiro atoms. The van der Waals surface area contributed by atoms with Gasteiger partial charge in [0.25, 0.3) is 0 Å². The number of unbranched alkanes of at least 4 members (excludes halogenated alkanes) is 1. The number of nitrogens with one attached hydrogen (secondary N) is 1. The van der Waals surface area contributed by atoms with Crippen LogP contribution in [0.25, 0.3) is 0 Å². The minimum Gasteiger partial charge on any atom is -0.431 e. The number of hydrogen-bond acceptors (Lipinski definition) is 2. The fraction of sp³-hybridized carbons (Fsp3) is 0.750. The van der Waals surface area contributed by atoms with Crippen molar-refractivity contribution in [3.05, 3.63) is 0 Å². The van der Waals surface area contributed by atoms with E-state index in [9.17, 15) is 0 Å². The molecule has 2 nitrogen and oxygen atoms in total. The lowest BCUT2D eigenvalue weighted by molar-refractivity contribution is 0.246. The SMILES string of the molecule is CCCCNCOC#CCI. The molecule has 0 atom stereocenters. The van der Waals surface area contributed by atoms with Gasteiger partial charge in [-0.3, -0.25) is 5.32 Å². The van der Waals surface area contributed by atoms with Crippen LogP contribution in [0.2, 0.25) is 0 Å². The summed E-state index contributed by atoms with van der Waals surface area (Å²) >= 11 is 2.19. The molecule has 0 radical (unpaired) electrons. The van der Waals surface area contributed by atoms with Crippen molar-refractivity contribution in [2.45, 2.75) is 19.8 Å². The van der Waals surface area contributed by atoms with Crippen molar-refractivity contribution in [2.75, 3.05) is 17.7 Å². The van der Waals surface area contributed by atoms with Crippen LogP contribution < -0.4 is 5.32 Å². The molecule has 0 saturated carbocycles. The average Bonchev–Trinajstić information content (AvgIpc) is 2.03. The van der Waals surface area contributed by atoms with E-state index in [0.717, 1.165) is 11.0 Å². The molecule has 0 aromatic heterocycles. The molecule has 0 fully saturated rings. The topological polar surface area (TPSA) is 21.3 Å². The van der Waals surface area contributed by atoms with Crippen molar-refractivity contribution in [3.8, 4) is 12.0 Å². The van der Waals surface area contributed by atoms with Gasteiger partial charge < -0.3 is 4.74 Å². The predicted octanol–water partition coefficient (Wildman–Crippen LogP) is 1.75. The molecule has 0 saturated heterocycles. The molecular weight excluding hydrogens is 253 g/mol. The summed E-state index contributed by atoms with van der Waals surface area (Å²) in [6.45, 7) is 3.73. The van der Waals surface area contributed by atoms with E-state index in [2.05, 4.69) is 46.9 Å². The first-order valence-electron chi connectivity index (χ1n) is 3.78. The van der Waals surface area contributed by atoms with Gasteiger partial charge in [0.1, 0.15) is 6.11 Å². The Labute approximate surface area is 82.2 Å². The molecule has 0 rings (SSSR count). The zero-order chi connectivity index (χ0) is 8.36. The minimum atomic E-state index is 0.545. The zero-order valence-corrected chi connectivity index (χ0v) is 8.98. The zero-order valence-electron chi connectivity index (χ0n) is 6.82. The Morgan fingerprint density at radius 2 is 2.36 bits per heavy atom. The van der Waals surface area contributed by atoms with Crippen LogP contribution in [0.1, 0.15) is 19.8 Å². The molecule has 1 N–H and O–H groups in total. The van der Waals surface area contributed by atoms with Gasteiger partial charge in [-0.15, -0.1) is 0 Å². The van der Waals surface area contributed by atoms with E-state index < -0.39 is 0 Å². The molecule has 11 heavy (non-hydrogen) atoms. The van der Waals surface area contributed by atoms with E-state index in [4.69, 9.17) is 4.74 Å². The summed E-state index contributed by atoms with van der Waals surface area (Å²) in [7, 11) is 0. The smallest absolute Gasteiger partial charge is 0.151 e. The van der Waals surface area contributed by atoms with Crippen molar-refractivity contribution < 1.29 is 4.74 Å². The van der Waals surface area contributed by atoms with Crippen LogP contribution in [0.3, 0.4) is 0 Å². The summed E-state index contributed by atoms with van der Waals surface area (Å²) < 4.78 is 5.77. The highest BCUT2D eigenvalue weighted by Gasteiger charge is 1.82. The van der Waals surface area contributed by atoms with Crippen LogP contribution in [0, 0.1) is 12.0 Å². The second-order valence-electron chi connectivity index (χ2n) is 2.05. The summed E-state index contributed by atoms with van der Waals surface area (Å²) in [5.74, 6) is 2.81. The maximum atomic E-state index is 4.94. The fourth-order valence-electron chi connectivity index (χ4n) is 0.539. The van der Waals surface area contributed by atoms with Crippen LogP contribution in [0.4, 0.5) is 0 Å². The van der Waals surface area contributed by atoms with Gasteiger partial charge in [-0.25, -0.2) is 0 Å². The lowest BCUT2D eigenvalue weighted by Gasteiger charge is -1.99. The molecule has 0 unspecified atom stereocenters. The summed E-state index contributed by atoms with van der Waals surface area (Å²) in [4.78, 5) is 0. The Kier molecular flexibility index (Phi) is 10.1. The molecule has 0 aliphatic carbocycles. The van der Waals surface area contributed by atoms with Crippen molar-refractivity contribution in [1.82, 2.24) is 5.32 Å². The highest BCUT2D eigenvalue weighted by molar-refractivity contribution is 14.1. The number of halogens is 1. The van der Waals surface area contributed by atoms with E-state index in [-0.39, 0.29) is 0 Å². The first-order chi connectivity index (χ1) is 5.41. The Balaban J connectivity index is 2.90. The third-order valence-corrected chi connectivity index (χ3v) is 1.47. The summed E-state index contributed by atoms with van der Waals surface area (Å²) in [5.41, 5.74) is 0. The maximum Gasteiger partial charge on any atom is 0.151 e. The molecule has 0 heterocycles. The fourth-order valence-corrected chi connectivity index (χ4v) is 0.695.